The van der Waals surface area contributed by atoms with Crippen LogP contribution in [0.25, 0.3) is 0 Å². The van der Waals surface area contributed by atoms with Gasteiger partial charge in [0.2, 0.25) is 0 Å². The molecule has 0 unspecified atom stereocenters. The van der Waals surface area contributed by atoms with Crippen LogP contribution < -0.4 is 0 Å². The van der Waals surface area contributed by atoms with E-state index in [2.05, 4.69) is 47.8 Å². The Morgan fingerprint density at radius 3 is 2.25 bits per heavy atom. The standard InChI is InChI=1S/C13H14Br3F3O/c14-7-12(8-15,4-5-20-9-13(17,18)19)10-2-1-3-11(16)6-10/h1-3,6H,4-5,7-9H2. The lowest BCUT2D eigenvalue weighted by Gasteiger charge is -2.31. The first-order chi connectivity index (χ1) is 9.33. The number of alkyl halides is 5. The van der Waals surface area contributed by atoms with E-state index in [-0.39, 0.29) is 12.0 Å². The van der Waals surface area contributed by atoms with Crippen LogP contribution in [0.1, 0.15) is 12.0 Å². The molecule has 0 aliphatic heterocycles. The van der Waals surface area contributed by atoms with E-state index >= 15 is 0 Å². The third-order valence-electron chi connectivity index (χ3n) is 2.94. The van der Waals surface area contributed by atoms with Crippen LogP contribution in [0.4, 0.5) is 13.2 Å². The summed E-state index contributed by atoms with van der Waals surface area (Å²) in [5.74, 6) is 0. The maximum absolute atomic E-state index is 12.1. The number of benzene rings is 1. The van der Waals surface area contributed by atoms with Gasteiger partial charge >= 0.3 is 6.18 Å². The van der Waals surface area contributed by atoms with Gasteiger partial charge in [0.1, 0.15) is 6.61 Å². The zero-order valence-corrected chi connectivity index (χ0v) is 15.3. The minimum Gasteiger partial charge on any atom is -0.372 e. The highest BCUT2D eigenvalue weighted by atomic mass is 79.9. The van der Waals surface area contributed by atoms with Crippen molar-refractivity contribution in [2.75, 3.05) is 23.9 Å². The van der Waals surface area contributed by atoms with Gasteiger partial charge in [-0.3, -0.25) is 0 Å². The molecule has 1 nitrogen and oxygen atoms in total. The fourth-order valence-corrected chi connectivity index (χ4v) is 4.28. The van der Waals surface area contributed by atoms with E-state index in [9.17, 15) is 13.2 Å². The molecule has 0 saturated heterocycles. The van der Waals surface area contributed by atoms with Crippen LogP contribution >= 0.6 is 47.8 Å². The van der Waals surface area contributed by atoms with E-state index in [1.54, 1.807) is 0 Å². The second-order valence-corrected chi connectivity index (χ2v) is 6.51. The largest absolute Gasteiger partial charge is 0.411 e. The third kappa shape index (κ3) is 5.66. The van der Waals surface area contributed by atoms with Crippen molar-refractivity contribution < 1.29 is 17.9 Å². The van der Waals surface area contributed by atoms with E-state index in [1.807, 2.05) is 24.3 Å². The van der Waals surface area contributed by atoms with Gasteiger partial charge in [-0.15, -0.1) is 0 Å². The summed E-state index contributed by atoms with van der Waals surface area (Å²) >= 11 is 10.3. The van der Waals surface area contributed by atoms with Crippen molar-refractivity contribution in [3.8, 4) is 0 Å². The normalized spacial score (nSPS) is 12.7. The molecule has 0 radical (unpaired) electrons. The number of hydrogen-bond acceptors (Lipinski definition) is 1. The summed E-state index contributed by atoms with van der Waals surface area (Å²) in [5.41, 5.74) is 0.756. The first-order valence-corrected chi connectivity index (χ1v) is 8.89. The van der Waals surface area contributed by atoms with Gasteiger partial charge in [0, 0.05) is 27.2 Å². The van der Waals surface area contributed by atoms with Crippen LogP contribution in [0.5, 0.6) is 0 Å². The van der Waals surface area contributed by atoms with Gasteiger partial charge in [-0.05, 0) is 24.1 Å². The fraction of sp³-hybridized carbons (Fsp3) is 0.538. The number of rotatable bonds is 7. The minimum absolute atomic E-state index is 0.0588. The van der Waals surface area contributed by atoms with Crippen molar-refractivity contribution in [1.82, 2.24) is 0 Å². The molecule has 114 valence electrons. The summed E-state index contributed by atoms with van der Waals surface area (Å²) in [6, 6.07) is 7.77. The van der Waals surface area contributed by atoms with Crippen molar-refractivity contribution in [1.29, 1.82) is 0 Å². The molecule has 0 aliphatic carbocycles. The van der Waals surface area contributed by atoms with Gasteiger partial charge in [-0.25, -0.2) is 0 Å². The molecule has 20 heavy (non-hydrogen) atoms. The minimum atomic E-state index is -4.28. The van der Waals surface area contributed by atoms with Crippen molar-refractivity contribution >= 4 is 47.8 Å². The molecular formula is C13H14Br3F3O. The average molecular weight is 483 g/mol. The zero-order chi connectivity index (χ0) is 15.2. The topological polar surface area (TPSA) is 9.23 Å². The summed E-state index contributed by atoms with van der Waals surface area (Å²) in [6.07, 6.45) is -3.78. The zero-order valence-electron chi connectivity index (χ0n) is 10.5. The lowest BCUT2D eigenvalue weighted by Crippen LogP contribution is -2.32. The predicted octanol–water partition coefficient (Wildman–Crippen LogP) is 5.45. The Morgan fingerprint density at radius 2 is 1.75 bits per heavy atom. The van der Waals surface area contributed by atoms with Crippen molar-refractivity contribution in [2.24, 2.45) is 0 Å². The van der Waals surface area contributed by atoms with Crippen molar-refractivity contribution in [2.45, 2.75) is 18.0 Å². The van der Waals surface area contributed by atoms with Crippen LogP contribution in [0.15, 0.2) is 28.7 Å². The Hall–Kier alpha value is 0.410. The second-order valence-electron chi connectivity index (χ2n) is 4.48. The van der Waals surface area contributed by atoms with Gasteiger partial charge < -0.3 is 4.74 Å². The third-order valence-corrected chi connectivity index (χ3v) is 5.58. The van der Waals surface area contributed by atoms with E-state index in [0.717, 1.165) is 10.0 Å². The summed E-state index contributed by atoms with van der Waals surface area (Å²) < 4.78 is 41.9. The monoisotopic (exact) mass is 480 g/mol. The second kappa shape index (κ2) is 8.15. The molecule has 0 saturated carbocycles. The van der Waals surface area contributed by atoms with Crippen LogP contribution in [-0.4, -0.2) is 30.1 Å². The number of hydrogen-bond donors (Lipinski definition) is 0. The lowest BCUT2D eigenvalue weighted by molar-refractivity contribution is -0.174. The number of halogens is 6. The van der Waals surface area contributed by atoms with Gasteiger partial charge in [-0.2, -0.15) is 13.2 Å². The first kappa shape index (κ1) is 18.5. The Kier molecular flexibility index (Phi) is 7.52. The lowest BCUT2D eigenvalue weighted by atomic mass is 9.82. The summed E-state index contributed by atoms with van der Waals surface area (Å²) in [7, 11) is 0. The van der Waals surface area contributed by atoms with E-state index in [4.69, 9.17) is 4.74 Å². The quantitative estimate of drug-likeness (QED) is 0.371. The number of ether oxygens (including phenoxy) is 1. The van der Waals surface area contributed by atoms with E-state index < -0.39 is 12.8 Å². The molecule has 0 fully saturated rings. The molecule has 7 heteroatoms. The average Bonchev–Trinajstić information content (AvgIpc) is 2.38. The van der Waals surface area contributed by atoms with Gasteiger partial charge in [0.05, 0.1) is 0 Å². The Balaban J connectivity index is 2.72. The highest BCUT2D eigenvalue weighted by molar-refractivity contribution is 9.10. The molecule has 0 heterocycles. The maximum atomic E-state index is 12.1. The Morgan fingerprint density at radius 1 is 1.10 bits per heavy atom. The summed E-state index contributed by atoms with van der Waals surface area (Å²) in [6.45, 7) is -1.14. The van der Waals surface area contributed by atoms with Gasteiger partial charge in [-0.1, -0.05) is 59.9 Å². The van der Waals surface area contributed by atoms with Crippen LogP contribution in [0, 0.1) is 0 Å². The van der Waals surface area contributed by atoms with E-state index in [0.29, 0.717) is 17.1 Å². The molecule has 0 atom stereocenters. The molecule has 0 aromatic heterocycles. The molecule has 0 bridgehead atoms. The molecule has 0 aliphatic rings. The van der Waals surface area contributed by atoms with Gasteiger partial charge in [0.25, 0.3) is 0 Å². The fourth-order valence-electron chi connectivity index (χ4n) is 1.74. The summed E-state index contributed by atoms with van der Waals surface area (Å²) in [5, 5.41) is 1.27. The molecule has 0 N–H and O–H groups in total. The maximum Gasteiger partial charge on any atom is 0.411 e. The molecular weight excluding hydrogens is 469 g/mol. The van der Waals surface area contributed by atoms with Crippen LogP contribution in [-0.2, 0) is 10.2 Å². The highest BCUT2D eigenvalue weighted by Gasteiger charge is 2.32. The van der Waals surface area contributed by atoms with Crippen molar-refractivity contribution in [3.63, 3.8) is 0 Å². The molecule has 1 aromatic rings. The van der Waals surface area contributed by atoms with Gasteiger partial charge in [0.15, 0.2) is 0 Å². The van der Waals surface area contributed by atoms with E-state index in [1.165, 1.54) is 0 Å². The first-order valence-electron chi connectivity index (χ1n) is 5.85. The molecule has 1 rings (SSSR count). The molecule has 1 aromatic carbocycles. The van der Waals surface area contributed by atoms with Crippen molar-refractivity contribution in [3.05, 3.63) is 34.3 Å². The highest BCUT2D eigenvalue weighted by Crippen LogP contribution is 2.34. The Labute approximate surface area is 141 Å². The predicted molar refractivity (Wildman–Crippen MR) is 84.9 cm³/mol. The Bertz CT molecular complexity index is 420. The van der Waals surface area contributed by atoms with Crippen LogP contribution in [0.2, 0.25) is 0 Å². The smallest absolute Gasteiger partial charge is 0.372 e. The molecule has 0 amide bonds. The SMILES string of the molecule is FC(F)(F)COCCC(CBr)(CBr)c1cccc(Br)c1. The molecule has 0 spiro atoms. The summed E-state index contributed by atoms with van der Waals surface area (Å²) in [4.78, 5) is 0. The van der Waals surface area contributed by atoms with Crippen LogP contribution in [0.3, 0.4) is 0 Å².